The molecule has 28 heavy (non-hydrogen) atoms. The average Bonchev–Trinajstić information content (AvgIpc) is 3.15. The normalized spacial score (nSPS) is 10.9. The van der Waals surface area contributed by atoms with E-state index >= 15 is 0 Å². The van der Waals surface area contributed by atoms with Gasteiger partial charge in [0.1, 0.15) is 17.2 Å². The number of carbonyl (C=O) groups excluding carboxylic acids is 1. The summed E-state index contributed by atoms with van der Waals surface area (Å²) in [5, 5.41) is 11.5. The van der Waals surface area contributed by atoms with Gasteiger partial charge in [-0.3, -0.25) is 9.89 Å². The first-order valence-electron chi connectivity index (χ1n) is 8.71. The molecule has 4 aromatic rings. The van der Waals surface area contributed by atoms with Crippen LogP contribution in [0, 0.1) is 13.8 Å². The molecule has 0 aliphatic rings. The molecule has 0 bridgehead atoms. The van der Waals surface area contributed by atoms with Gasteiger partial charge in [0.25, 0.3) is 5.91 Å². The number of aromatic amines is 1. The van der Waals surface area contributed by atoms with Crippen LogP contribution in [-0.2, 0) is 5.75 Å². The van der Waals surface area contributed by atoms with E-state index in [0.717, 1.165) is 27.2 Å². The van der Waals surface area contributed by atoms with E-state index < -0.39 is 0 Å². The summed E-state index contributed by atoms with van der Waals surface area (Å²) < 4.78 is 0. The van der Waals surface area contributed by atoms with Crippen molar-refractivity contribution >= 4 is 34.5 Å². The van der Waals surface area contributed by atoms with Crippen LogP contribution in [0.4, 0.5) is 5.82 Å². The number of aromatic nitrogens is 5. The number of thioether (sulfide) groups is 1. The van der Waals surface area contributed by atoms with Crippen molar-refractivity contribution in [3.8, 4) is 0 Å². The Bertz CT molecular complexity index is 1140. The van der Waals surface area contributed by atoms with Crippen molar-refractivity contribution in [3.63, 3.8) is 0 Å². The molecule has 3 heterocycles. The molecule has 0 aliphatic heterocycles. The molecule has 1 aromatic carbocycles. The number of carbonyl (C=O) groups is 1. The molecular weight excluding hydrogens is 372 g/mol. The van der Waals surface area contributed by atoms with Gasteiger partial charge in [-0.15, -0.1) is 11.8 Å². The predicted molar refractivity (Wildman–Crippen MR) is 109 cm³/mol. The minimum Gasteiger partial charge on any atom is -0.307 e. The molecule has 140 valence electrons. The van der Waals surface area contributed by atoms with Gasteiger partial charge in [-0.2, -0.15) is 5.10 Å². The number of pyridine rings is 1. The fraction of sp³-hybridized carbons (Fsp3) is 0.150. The molecule has 0 unspecified atom stereocenters. The summed E-state index contributed by atoms with van der Waals surface area (Å²) in [7, 11) is 0. The summed E-state index contributed by atoms with van der Waals surface area (Å²) in [6.45, 7) is 3.89. The van der Waals surface area contributed by atoms with Crippen LogP contribution in [-0.4, -0.2) is 31.1 Å². The Morgan fingerprint density at radius 1 is 1.18 bits per heavy atom. The lowest BCUT2D eigenvalue weighted by Crippen LogP contribution is -2.13. The molecule has 0 saturated carbocycles. The molecule has 1 amide bonds. The van der Waals surface area contributed by atoms with Crippen LogP contribution in [0.25, 0.3) is 11.0 Å². The maximum absolute atomic E-state index is 12.6. The lowest BCUT2D eigenvalue weighted by atomic mass is 10.1. The summed E-state index contributed by atoms with van der Waals surface area (Å²) >= 11 is 1.58. The molecule has 2 N–H and O–H groups in total. The van der Waals surface area contributed by atoms with E-state index in [1.54, 1.807) is 24.0 Å². The Labute approximate surface area is 166 Å². The van der Waals surface area contributed by atoms with E-state index in [4.69, 9.17) is 0 Å². The summed E-state index contributed by atoms with van der Waals surface area (Å²) in [6.07, 6.45) is 3.24. The van der Waals surface area contributed by atoms with Crippen molar-refractivity contribution < 1.29 is 4.79 Å². The third-order valence-corrected chi connectivity index (χ3v) is 5.19. The van der Waals surface area contributed by atoms with Crippen molar-refractivity contribution in [1.29, 1.82) is 0 Å². The van der Waals surface area contributed by atoms with E-state index in [1.807, 2.05) is 44.2 Å². The SMILES string of the molecule is Cc1cc(C)nc(NC(=O)c2cccc(CSc3ncnc4[nH]ncc34)c2)c1. The minimum atomic E-state index is -0.177. The van der Waals surface area contributed by atoms with Crippen LogP contribution in [0.5, 0.6) is 0 Å². The second-order valence-corrected chi connectivity index (χ2v) is 7.39. The van der Waals surface area contributed by atoms with Gasteiger partial charge in [0, 0.05) is 17.0 Å². The van der Waals surface area contributed by atoms with Crippen LogP contribution in [0.2, 0.25) is 0 Å². The molecule has 0 radical (unpaired) electrons. The number of nitrogens with one attached hydrogen (secondary N) is 2. The molecule has 0 fully saturated rings. The Kier molecular flexibility index (Phi) is 5.03. The van der Waals surface area contributed by atoms with Gasteiger partial charge in [0.2, 0.25) is 0 Å². The van der Waals surface area contributed by atoms with Gasteiger partial charge >= 0.3 is 0 Å². The maximum atomic E-state index is 12.6. The molecule has 7 nitrogen and oxygen atoms in total. The fourth-order valence-corrected chi connectivity index (χ4v) is 3.82. The highest BCUT2D eigenvalue weighted by atomic mass is 32.2. The molecule has 4 rings (SSSR count). The maximum Gasteiger partial charge on any atom is 0.256 e. The number of hydrogen-bond acceptors (Lipinski definition) is 6. The minimum absolute atomic E-state index is 0.177. The zero-order valence-corrected chi connectivity index (χ0v) is 16.2. The molecule has 0 spiro atoms. The summed E-state index contributed by atoms with van der Waals surface area (Å²) in [5.41, 5.74) is 4.27. The highest BCUT2D eigenvalue weighted by Gasteiger charge is 2.10. The standard InChI is InChI=1S/C20H18N6OS/c1-12-6-13(2)24-17(7-12)25-19(27)15-5-3-4-14(8-15)10-28-20-16-9-23-26-18(16)21-11-22-20/h3-9,11H,10H2,1-2H3,(H,24,25,27)(H,21,22,23,26). The molecule has 0 aliphatic carbocycles. The lowest BCUT2D eigenvalue weighted by molar-refractivity contribution is 0.102. The fourth-order valence-electron chi connectivity index (χ4n) is 2.91. The third kappa shape index (κ3) is 4.01. The Hall–Kier alpha value is -3.26. The van der Waals surface area contributed by atoms with Gasteiger partial charge in [-0.25, -0.2) is 15.0 Å². The quantitative estimate of drug-likeness (QED) is 0.396. The van der Waals surface area contributed by atoms with E-state index in [1.165, 1.54) is 6.33 Å². The largest absolute Gasteiger partial charge is 0.307 e. The van der Waals surface area contributed by atoms with Crippen LogP contribution < -0.4 is 5.32 Å². The molecular formula is C20H18N6OS. The molecule has 8 heteroatoms. The van der Waals surface area contributed by atoms with Gasteiger partial charge in [0.15, 0.2) is 5.65 Å². The van der Waals surface area contributed by atoms with Gasteiger partial charge in [-0.1, -0.05) is 12.1 Å². The smallest absolute Gasteiger partial charge is 0.256 e. The van der Waals surface area contributed by atoms with Gasteiger partial charge in [-0.05, 0) is 49.2 Å². The number of H-pyrrole nitrogens is 1. The summed E-state index contributed by atoms with van der Waals surface area (Å²) in [6, 6.07) is 11.4. The number of benzene rings is 1. The van der Waals surface area contributed by atoms with Gasteiger partial charge in [0.05, 0.1) is 11.6 Å². The van der Waals surface area contributed by atoms with Crippen molar-refractivity contribution in [3.05, 3.63) is 71.3 Å². The number of amides is 1. The molecule has 0 saturated heterocycles. The van der Waals surface area contributed by atoms with Gasteiger partial charge < -0.3 is 5.32 Å². The summed E-state index contributed by atoms with van der Waals surface area (Å²) in [5.74, 6) is 1.06. The van der Waals surface area contributed by atoms with Crippen molar-refractivity contribution in [2.24, 2.45) is 0 Å². The first-order chi connectivity index (χ1) is 13.6. The molecule has 0 atom stereocenters. The van der Waals surface area contributed by atoms with Crippen LogP contribution in [0.1, 0.15) is 27.2 Å². The zero-order valence-electron chi connectivity index (χ0n) is 15.4. The Morgan fingerprint density at radius 2 is 2.07 bits per heavy atom. The lowest BCUT2D eigenvalue weighted by Gasteiger charge is -2.08. The average molecular weight is 390 g/mol. The van der Waals surface area contributed by atoms with E-state index in [9.17, 15) is 4.79 Å². The Balaban J connectivity index is 1.48. The second-order valence-electron chi connectivity index (χ2n) is 6.43. The van der Waals surface area contributed by atoms with Crippen molar-refractivity contribution in [2.45, 2.75) is 24.6 Å². The first kappa shape index (κ1) is 18.1. The number of aryl methyl sites for hydroxylation is 2. The highest BCUT2D eigenvalue weighted by molar-refractivity contribution is 7.98. The van der Waals surface area contributed by atoms with E-state index in [0.29, 0.717) is 22.8 Å². The zero-order chi connectivity index (χ0) is 19.5. The second kappa shape index (κ2) is 7.77. The van der Waals surface area contributed by atoms with Crippen molar-refractivity contribution in [2.75, 3.05) is 5.32 Å². The highest BCUT2D eigenvalue weighted by Crippen LogP contribution is 2.26. The van der Waals surface area contributed by atoms with Crippen LogP contribution >= 0.6 is 11.8 Å². The first-order valence-corrected chi connectivity index (χ1v) is 9.69. The van der Waals surface area contributed by atoms with E-state index in [2.05, 4.69) is 30.5 Å². The van der Waals surface area contributed by atoms with Crippen LogP contribution in [0.15, 0.2) is 53.9 Å². The number of rotatable bonds is 5. The summed E-state index contributed by atoms with van der Waals surface area (Å²) in [4.78, 5) is 25.4. The number of anilines is 1. The number of fused-ring (bicyclic) bond motifs is 1. The topological polar surface area (TPSA) is 96.5 Å². The number of hydrogen-bond donors (Lipinski definition) is 2. The van der Waals surface area contributed by atoms with Crippen LogP contribution in [0.3, 0.4) is 0 Å². The monoisotopic (exact) mass is 390 g/mol. The third-order valence-electron chi connectivity index (χ3n) is 4.12. The van der Waals surface area contributed by atoms with E-state index in [-0.39, 0.29) is 5.91 Å². The predicted octanol–water partition coefficient (Wildman–Crippen LogP) is 3.91. The van der Waals surface area contributed by atoms with Crippen molar-refractivity contribution in [1.82, 2.24) is 25.1 Å². The molecule has 3 aromatic heterocycles. The number of nitrogens with zero attached hydrogens (tertiary/aromatic N) is 4. The Morgan fingerprint density at radius 3 is 2.93 bits per heavy atom.